The van der Waals surface area contributed by atoms with E-state index in [2.05, 4.69) is 34.0 Å². The average molecular weight is 291 g/mol. The van der Waals surface area contributed by atoms with Crippen LogP contribution in [0.3, 0.4) is 0 Å². The Balaban J connectivity index is 2.10. The second-order valence-electron chi connectivity index (χ2n) is 5.39. The maximum absolute atomic E-state index is 5.80. The van der Waals surface area contributed by atoms with Crippen LogP contribution in [0.25, 0.3) is 11.5 Å². The molecule has 114 valence electrons. The van der Waals surface area contributed by atoms with Gasteiger partial charge in [0.1, 0.15) is 12.0 Å². The zero-order chi connectivity index (χ0) is 15.2. The van der Waals surface area contributed by atoms with E-state index in [9.17, 15) is 0 Å². The Morgan fingerprint density at radius 1 is 1.33 bits per heavy atom. The third kappa shape index (κ3) is 4.22. The minimum Gasteiger partial charge on any atom is -0.481 e. The molecular weight excluding hydrogens is 270 g/mol. The summed E-state index contributed by atoms with van der Waals surface area (Å²) in [7, 11) is 1.55. The summed E-state index contributed by atoms with van der Waals surface area (Å²) in [4.78, 5) is 12.4. The van der Waals surface area contributed by atoms with Crippen molar-refractivity contribution in [2.24, 2.45) is 17.6 Å². The van der Waals surface area contributed by atoms with Gasteiger partial charge in [-0.05, 0) is 24.8 Å². The molecule has 7 heteroatoms. The maximum atomic E-state index is 5.80. The Labute approximate surface area is 123 Å². The highest BCUT2D eigenvalue weighted by atomic mass is 16.5. The summed E-state index contributed by atoms with van der Waals surface area (Å²) in [5.74, 6) is 2.42. The van der Waals surface area contributed by atoms with Crippen LogP contribution in [0.5, 0.6) is 5.88 Å². The lowest BCUT2D eigenvalue weighted by Gasteiger charge is -2.14. The minimum absolute atomic E-state index is 0.346. The predicted molar refractivity (Wildman–Crippen MR) is 77.6 cm³/mol. The molecule has 0 bridgehead atoms. The molecule has 0 aliphatic carbocycles. The topological polar surface area (TPSA) is 100.0 Å². The van der Waals surface area contributed by atoms with E-state index in [0.717, 1.165) is 6.42 Å². The molecule has 2 N–H and O–H groups in total. The summed E-state index contributed by atoms with van der Waals surface area (Å²) in [6, 6.07) is 1.67. The van der Waals surface area contributed by atoms with Crippen LogP contribution in [0, 0.1) is 11.8 Å². The lowest BCUT2D eigenvalue weighted by molar-refractivity contribution is 0.332. The zero-order valence-electron chi connectivity index (χ0n) is 12.6. The Hall–Kier alpha value is -2.02. The van der Waals surface area contributed by atoms with E-state index in [1.54, 1.807) is 13.2 Å². The van der Waals surface area contributed by atoms with E-state index in [4.69, 9.17) is 15.0 Å². The van der Waals surface area contributed by atoms with Crippen molar-refractivity contribution in [1.29, 1.82) is 0 Å². The highest BCUT2D eigenvalue weighted by molar-refractivity contribution is 5.49. The van der Waals surface area contributed by atoms with Gasteiger partial charge in [0.2, 0.25) is 17.6 Å². The van der Waals surface area contributed by atoms with Crippen LogP contribution in [0.1, 0.15) is 26.2 Å². The Bertz CT molecular complexity index is 570. The number of ether oxygens (including phenoxy) is 1. The van der Waals surface area contributed by atoms with Crippen molar-refractivity contribution in [1.82, 2.24) is 20.1 Å². The molecule has 0 radical (unpaired) electrons. The fourth-order valence-corrected chi connectivity index (χ4v) is 2.19. The van der Waals surface area contributed by atoms with Crippen molar-refractivity contribution in [3.63, 3.8) is 0 Å². The molecule has 0 aromatic carbocycles. The second kappa shape index (κ2) is 7.12. The van der Waals surface area contributed by atoms with Gasteiger partial charge in [-0.1, -0.05) is 19.0 Å². The average Bonchev–Trinajstić information content (AvgIpc) is 2.94. The molecule has 0 spiro atoms. The molecule has 0 fully saturated rings. The third-order valence-electron chi connectivity index (χ3n) is 3.15. The van der Waals surface area contributed by atoms with Crippen LogP contribution >= 0.6 is 0 Å². The van der Waals surface area contributed by atoms with Crippen LogP contribution < -0.4 is 10.5 Å². The molecule has 0 amide bonds. The fourth-order valence-electron chi connectivity index (χ4n) is 2.19. The van der Waals surface area contributed by atoms with Crippen molar-refractivity contribution in [3.05, 3.63) is 18.3 Å². The van der Waals surface area contributed by atoms with Crippen LogP contribution in [0.15, 0.2) is 16.9 Å². The van der Waals surface area contributed by atoms with Crippen LogP contribution in [0.2, 0.25) is 0 Å². The first-order valence-electron chi connectivity index (χ1n) is 7.01. The smallest absolute Gasteiger partial charge is 0.227 e. The van der Waals surface area contributed by atoms with Crippen molar-refractivity contribution in [3.8, 4) is 17.4 Å². The van der Waals surface area contributed by atoms with Gasteiger partial charge >= 0.3 is 0 Å². The second-order valence-corrected chi connectivity index (χ2v) is 5.39. The summed E-state index contributed by atoms with van der Waals surface area (Å²) < 4.78 is 10.3. The molecule has 2 aromatic rings. The molecule has 0 aliphatic heterocycles. The van der Waals surface area contributed by atoms with Crippen LogP contribution in [-0.4, -0.2) is 33.8 Å². The number of methoxy groups -OCH3 is 1. The lowest BCUT2D eigenvalue weighted by atomic mass is 9.94. The first kappa shape index (κ1) is 15.4. The Kier molecular flexibility index (Phi) is 5.21. The number of nitrogens with two attached hydrogens (primary N) is 1. The van der Waals surface area contributed by atoms with Crippen LogP contribution in [0.4, 0.5) is 0 Å². The van der Waals surface area contributed by atoms with E-state index < -0.39 is 0 Å². The Morgan fingerprint density at radius 2 is 2.14 bits per heavy atom. The van der Waals surface area contributed by atoms with Crippen molar-refractivity contribution >= 4 is 0 Å². The number of hydrogen-bond acceptors (Lipinski definition) is 7. The summed E-state index contributed by atoms with van der Waals surface area (Å²) >= 11 is 0. The summed E-state index contributed by atoms with van der Waals surface area (Å²) in [6.07, 6.45) is 3.13. The van der Waals surface area contributed by atoms with E-state index in [-0.39, 0.29) is 0 Å². The van der Waals surface area contributed by atoms with Gasteiger partial charge in [-0.15, -0.1) is 0 Å². The van der Waals surface area contributed by atoms with Gasteiger partial charge in [0.25, 0.3) is 0 Å². The molecule has 0 saturated carbocycles. The standard InChI is InChI=1S/C14H21N5O2/c1-9(2)4-10(7-15)5-13-18-14(19-21-13)11-6-12(20-3)17-8-16-11/h6,8-10H,4-5,7,15H2,1-3H3. The third-order valence-corrected chi connectivity index (χ3v) is 3.15. The fraction of sp³-hybridized carbons (Fsp3) is 0.571. The molecule has 2 heterocycles. The van der Waals surface area contributed by atoms with Gasteiger partial charge in [0, 0.05) is 12.5 Å². The molecule has 21 heavy (non-hydrogen) atoms. The van der Waals surface area contributed by atoms with Crippen molar-refractivity contribution in [2.75, 3.05) is 13.7 Å². The minimum atomic E-state index is 0.346. The monoisotopic (exact) mass is 291 g/mol. The summed E-state index contributed by atoms with van der Waals surface area (Å²) in [5.41, 5.74) is 6.37. The van der Waals surface area contributed by atoms with Gasteiger partial charge in [0.15, 0.2) is 0 Å². The van der Waals surface area contributed by atoms with E-state index in [0.29, 0.717) is 48.1 Å². The zero-order valence-corrected chi connectivity index (χ0v) is 12.6. The predicted octanol–water partition coefficient (Wildman–Crippen LogP) is 1.70. The van der Waals surface area contributed by atoms with Crippen molar-refractivity contribution in [2.45, 2.75) is 26.7 Å². The van der Waals surface area contributed by atoms with Gasteiger partial charge in [0.05, 0.1) is 7.11 Å². The van der Waals surface area contributed by atoms with Gasteiger partial charge < -0.3 is 15.0 Å². The molecule has 1 atom stereocenters. The molecule has 0 aliphatic rings. The number of hydrogen-bond donors (Lipinski definition) is 1. The largest absolute Gasteiger partial charge is 0.481 e. The van der Waals surface area contributed by atoms with E-state index >= 15 is 0 Å². The van der Waals surface area contributed by atoms with Gasteiger partial charge in [-0.3, -0.25) is 0 Å². The molecule has 2 aromatic heterocycles. The van der Waals surface area contributed by atoms with Gasteiger partial charge in [-0.25, -0.2) is 9.97 Å². The maximum Gasteiger partial charge on any atom is 0.227 e. The molecular formula is C14H21N5O2. The first-order valence-corrected chi connectivity index (χ1v) is 7.01. The quantitative estimate of drug-likeness (QED) is 0.828. The molecule has 1 unspecified atom stereocenters. The summed E-state index contributed by atoms with van der Waals surface area (Å²) in [5, 5.41) is 3.96. The van der Waals surface area contributed by atoms with E-state index in [1.807, 2.05) is 0 Å². The lowest BCUT2D eigenvalue weighted by Crippen LogP contribution is -2.19. The normalized spacial score (nSPS) is 12.6. The van der Waals surface area contributed by atoms with Crippen molar-refractivity contribution < 1.29 is 9.26 Å². The highest BCUT2D eigenvalue weighted by Gasteiger charge is 2.16. The van der Waals surface area contributed by atoms with Gasteiger partial charge in [-0.2, -0.15) is 4.98 Å². The molecule has 0 saturated heterocycles. The number of aromatic nitrogens is 4. The molecule has 7 nitrogen and oxygen atoms in total. The highest BCUT2D eigenvalue weighted by Crippen LogP contribution is 2.19. The SMILES string of the molecule is COc1cc(-c2noc(CC(CN)CC(C)C)n2)ncn1. The number of nitrogens with zero attached hydrogens (tertiary/aromatic N) is 4. The number of rotatable bonds is 7. The molecule has 2 rings (SSSR count). The van der Waals surface area contributed by atoms with E-state index in [1.165, 1.54) is 6.33 Å². The van der Waals surface area contributed by atoms with Crippen LogP contribution in [-0.2, 0) is 6.42 Å². The Morgan fingerprint density at radius 3 is 2.81 bits per heavy atom. The first-order chi connectivity index (χ1) is 10.1. The summed E-state index contributed by atoms with van der Waals surface area (Å²) in [6.45, 7) is 4.96.